The summed E-state index contributed by atoms with van der Waals surface area (Å²) in [7, 11) is 4.84. The van der Waals surface area contributed by atoms with Crippen molar-refractivity contribution in [1.29, 1.82) is 0 Å². The summed E-state index contributed by atoms with van der Waals surface area (Å²) < 4.78 is 16.1. The van der Waals surface area contributed by atoms with Crippen LogP contribution in [-0.4, -0.2) is 59.1 Å². The zero-order chi connectivity index (χ0) is 26.7. The maximum absolute atomic E-state index is 12.4. The van der Waals surface area contributed by atoms with Crippen molar-refractivity contribution < 1.29 is 19.4 Å². The third-order valence-corrected chi connectivity index (χ3v) is 7.24. The summed E-state index contributed by atoms with van der Waals surface area (Å²) in [6.07, 6.45) is 2.73. The topological polar surface area (TPSA) is 122 Å². The number of pyridine rings is 1. The quantitative estimate of drug-likeness (QED) is 0.354. The van der Waals surface area contributed by atoms with Gasteiger partial charge >= 0.3 is 5.97 Å². The van der Waals surface area contributed by atoms with E-state index in [2.05, 4.69) is 10.2 Å². The lowest BCUT2D eigenvalue weighted by Crippen LogP contribution is -2.19. The molecule has 1 aromatic carbocycles. The second-order valence-electron chi connectivity index (χ2n) is 9.71. The van der Waals surface area contributed by atoms with Crippen LogP contribution in [-0.2, 0) is 23.6 Å². The van der Waals surface area contributed by atoms with Crippen LogP contribution in [0.15, 0.2) is 24.3 Å². The number of aromatic hydroxyl groups is 1. The molecule has 196 valence electrons. The highest BCUT2D eigenvalue weighted by atomic mass is 16.5. The number of methoxy groups -OCH3 is 1. The van der Waals surface area contributed by atoms with E-state index in [9.17, 15) is 9.90 Å². The molecule has 0 amide bonds. The molecule has 1 N–H and O–H groups in total. The van der Waals surface area contributed by atoms with E-state index in [0.29, 0.717) is 28.9 Å². The Hall–Kier alpha value is -4.25. The molecule has 1 aliphatic rings. The van der Waals surface area contributed by atoms with Crippen LogP contribution in [0.1, 0.15) is 47.4 Å². The normalized spacial score (nSPS) is 16.0. The molecule has 0 radical (unpaired) electrons. The predicted octanol–water partition coefficient (Wildman–Crippen LogP) is 4.19. The molecular formula is C27H29N7O4. The lowest BCUT2D eigenvalue weighted by molar-refractivity contribution is -0.0366. The van der Waals surface area contributed by atoms with Crippen molar-refractivity contribution in [3.63, 3.8) is 0 Å². The first-order valence-electron chi connectivity index (χ1n) is 12.6. The van der Waals surface area contributed by atoms with E-state index in [-0.39, 0.29) is 17.8 Å². The van der Waals surface area contributed by atoms with Crippen molar-refractivity contribution in [3.05, 3.63) is 41.3 Å². The van der Waals surface area contributed by atoms with E-state index in [4.69, 9.17) is 19.6 Å². The minimum absolute atomic E-state index is 0.0535. The minimum Gasteiger partial charge on any atom is -0.493 e. The Morgan fingerprint density at radius 3 is 2.55 bits per heavy atom. The molecular weight excluding hydrogens is 486 g/mol. The van der Waals surface area contributed by atoms with Crippen molar-refractivity contribution in [2.24, 2.45) is 14.1 Å². The zero-order valence-corrected chi connectivity index (χ0v) is 22.0. The molecule has 0 spiro atoms. The summed E-state index contributed by atoms with van der Waals surface area (Å²) in [5, 5.41) is 26.1. The largest absolute Gasteiger partial charge is 0.493 e. The number of fused-ring (bicyclic) bond motifs is 2. The Kier molecular flexibility index (Phi) is 5.68. The average Bonchev–Trinajstić information content (AvgIpc) is 3.54. The number of carbonyl (C=O) groups is 1. The lowest BCUT2D eigenvalue weighted by atomic mass is 10.0. The Balaban J connectivity index is 1.62. The van der Waals surface area contributed by atoms with Gasteiger partial charge in [-0.3, -0.25) is 9.67 Å². The number of carbonyl (C=O) groups excluding carboxylic acids is 1. The highest BCUT2D eigenvalue weighted by Crippen LogP contribution is 2.39. The second-order valence-corrected chi connectivity index (χ2v) is 9.71. The van der Waals surface area contributed by atoms with Gasteiger partial charge in [-0.05, 0) is 51.3 Å². The monoisotopic (exact) mass is 515 g/mol. The summed E-state index contributed by atoms with van der Waals surface area (Å²) in [6, 6.07) is 7.77. The number of aromatic nitrogens is 7. The number of ether oxygens (including phenoxy) is 2. The van der Waals surface area contributed by atoms with Gasteiger partial charge in [0.15, 0.2) is 11.9 Å². The van der Waals surface area contributed by atoms with Crippen LogP contribution >= 0.6 is 0 Å². The van der Waals surface area contributed by atoms with Crippen molar-refractivity contribution in [2.75, 3.05) is 13.7 Å². The zero-order valence-electron chi connectivity index (χ0n) is 22.0. The number of hydrogen-bond acceptors (Lipinski definition) is 8. The third-order valence-electron chi connectivity index (χ3n) is 7.24. The first-order chi connectivity index (χ1) is 18.3. The summed E-state index contributed by atoms with van der Waals surface area (Å²) in [5.41, 5.74) is 6.12. The number of nitrogens with zero attached hydrogens (tertiary/aromatic N) is 7. The van der Waals surface area contributed by atoms with Crippen LogP contribution in [0.5, 0.6) is 5.88 Å². The van der Waals surface area contributed by atoms with E-state index in [1.165, 1.54) is 11.8 Å². The van der Waals surface area contributed by atoms with Gasteiger partial charge in [-0.2, -0.15) is 15.3 Å². The number of aryl methyl sites for hydroxylation is 4. The van der Waals surface area contributed by atoms with Gasteiger partial charge in [-0.25, -0.2) is 14.2 Å². The molecule has 5 heterocycles. The molecule has 11 nitrogen and oxygen atoms in total. The maximum atomic E-state index is 12.4. The van der Waals surface area contributed by atoms with Gasteiger partial charge in [-0.1, -0.05) is 6.07 Å². The van der Waals surface area contributed by atoms with Gasteiger partial charge in [0, 0.05) is 37.0 Å². The fraction of sp³-hybridized carbons (Fsp3) is 0.370. The molecule has 4 aromatic heterocycles. The molecule has 1 atom stereocenters. The number of benzene rings is 1. The van der Waals surface area contributed by atoms with Crippen LogP contribution in [0.3, 0.4) is 0 Å². The van der Waals surface area contributed by atoms with Crippen LogP contribution < -0.4 is 0 Å². The Morgan fingerprint density at radius 1 is 1.05 bits per heavy atom. The van der Waals surface area contributed by atoms with Gasteiger partial charge in [-0.15, -0.1) is 0 Å². The molecule has 0 aliphatic carbocycles. The molecule has 0 bridgehead atoms. The maximum Gasteiger partial charge on any atom is 0.359 e. The fourth-order valence-electron chi connectivity index (χ4n) is 5.42. The molecule has 1 fully saturated rings. The number of hydrogen-bond donors (Lipinski definition) is 1. The minimum atomic E-state index is -0.497. The molecule has 11 heteroatoms. The summed E-state index contributed by atoms with van der Waals surface area (Å²) >= 11 is 0. The average molecular weight is 516 g/mol. The van der Waals surface area contributed by atoms with Crippen LogP contribution in [0.2, 0.25) is 0 Å². The third kappa shape index (κ3) is 3.65. The molecule has 1 unspecified atom stereocenters. The first-order valence-corrected chi connectivity index (χ1v) is 12.6. The van der Waals surface area contributed by atoms with E-state index in [1.807, 2.05) is 42.8 Å². The van der Waals surface area contributed by atoms with Gasteiger partial charge in [0.25, 0.3) is 0 Å². The molecule has 0 saturated carbocycles. The highest BCUT2D eigenvalue weighted by Gasteiger charge is 2.26. The smallest absolute Gasteiger partial charge is 0.359 e. The van der Waals surface area contributed by atoms with Crippen LogP contribution in [0.25, 0.3) is 44.3 Å². The standard InChI is InChI=1S/C27H29N7O4/c1-14-22(26(35)33(4)29-14)19-13-18-23(31-34(25(18)15(2)28-19)21-8-6-7-11-38-21)16-9-10-20-17(12-16)24(27(36)37-5)30-32(20)3/h9-10,12-13,21,35H,6-8,11H2,1-5H3. The van der Waals surface area contributed by atoms with Gasteiger partial charge in [0.1, 0.15) is 5.69 Å². The molecule has 1 aliphatic heterocycles. The summed E-state index contributed by atoms with van der Waals surface area (Å²) in [4.78, 5) is 17.3. The van der Waals surface area contributed by atoms with E-state index >= 15 is 0 Å². The number of rotatable bonds is 4. The van der Waals surface area contributed by atoms with Crippen molar-refractivity contribution in [3.8, 4) is 28.4 Å². The van der Waals surface area contributed by atoms with Crippen molar-refractivity contribution >= 4 is 27.8 Å². The van der Waals surface area contributed by atoms with Crippen LogP contribution in [0.4, 0.5) is 0 Å². The predicted molar refractivity (Wildman–Crippen MR) is 141 cm³/mol. The van der Waals surface area contributed by atoms with E-state index < -0.39 is 5.97 Å². The SMILES string of the molecule is COC(=O)c1nn(C)c2ccc(-c3nn(C4CCCCO4)c4c(C)nc(-c5c(C)nn(C)c5O)cc34)cc12. The molecule has 38 heavy (non-hydrogen) atoms. The van der Waals surface area contributed by atoms with Gasteiger partial charge < -0.3 is 14.6 Å². The first kappa shape index (κ1) is 24.1. The van der Waals surface area contributed by atoms with Crippen molar-refractivity contribution in [1.82, 2.24) is 34.3 Å². The second kappa shape index (κ2) is 8.95. The Morgan fingerprint density at radius 2 is 1.87 bits per heavy atom. The molecule has 1 saturated heterocycles. The van der Waals surface area contributed by atoms with E-state index in [0.717, 1.165) is 52.6 Å². The summed E-state index contributed by atoms with van der Waals surface area (Å²) in [5.74, 6) is -0.443. The van der Waals surface area contributed by atoms with Gasteiger partial charge in [0.2, 0.25) is 5.88 Å². The number of esters is 1. The molecule has 5 aromatic rings. The van der Waals surface area contributed by atoms with E-state index in [1.54, 1.807) is 18.8 Å². The fourth-order valence-corrected chi connectivity index (χ4v) is 5.42. The Bertz CT molecular complexity index is 1720. The highest BCUT2D eigenvalue weighted by molar-refractivity contribution is 6.05. The molecule has 6 rings (SSSR count). The lowest BCUT2D eigenvalue weighted by Gasteiger charge is -2.23. The van der Waals surface area contributed by atoms with Gasteiger partial charge in [0.05, 0.1) is 40.8 Å². The van der Waals surface area contributed by atoms with Crippen molar-refractivity contribution in [2.45, 2.75) is 39.3 Å². The Labute approximate surface area is 218 Å². The summed E-state index contributed by atoms with van der Waals surface area (Å²) in [6.45, 7) is 4.47. The van der Waals surface area contributed by atoms with Crippen LogP contribution in [0, 0.1) is 13.8 Å².